The Bertz CT molecular complexity index is 858. The molecule has 0 atom stereocenters. The zero-order chi connectivity index (χ0) is 14.9. The quantitative estimate of drug-likeness (QED) is 0.783. The van der Waals surface area contributed by atoms with Crippen LogP contribution >= 0.6 is 0 Å². The van der Waals surface area contributed by atoms with E-state index >= 15 is 0 Å². The number of sulfonamides is 1. The molecule has 2 N–H and O–H groups in total. The highest BCUT2D eigenvalue weighted by Gasteiger charge is 2.12. The normalized spacial score (nSPS) is 11.5. The first-order valence-electron chi connectivity index (χ1n) is 5.91. The van der Waals surface area contributed by atoms with E-state index in [-0.39, 0.29) is 4.90 Å². The lowest BCUT2D eigenvalue weighted by Gasteiger charge is -1.98. The van der Waals surface area contributed by atoms with Crippen molar-refractivity contribution in [2.45, 2.75) is 4.90 Å². The first kappa shape index (κ1) is 13.4. The molecule has 0 aliphatic carbocycles. The zero-order valence-corrected chi connectivity index (χ0v) is 11.5. The summed E-state index contributed by atoms with van der Waals surface area (Å²) in [6, 6.07) is 9.44. The number of aromatic nitrogens is 3. The predicted molar refractivity (Wildman–Crippen MR) is 74.3 cm³/mol. The van der Waals surface area contributed by atoms with Crippen LogP contribution in [0.3, 0.4) is 0 Å². The smallest absolute Gasteiger partial charge is 0.258 e. The lowest BCUT2D eigenvalue weighted by molar-refractivity contribution is 0.432. The van der Waals surface area contributed by atoms with Crippen molar-refractivity contribution < 1.29 is 12.9 Å². The largest absolute Gasteiger partial charge is 0.334 e. The molecule has 106 valence electrons. The summed E-state index contributed by atoms with van der Waals surface area (Å²) in [7, 11) is -3.71. The molecule has 3 aromatic rings. The molecule has 2 heterocycles. The van der Waals surface area contributed by atoms with Gasteiger partial charge >= 0.3 is 0 Å². The Morgan fingerprint density at radius 3 is 2.24 bits per heavy atom. The second-order valence-electron chi connectivity index (χ2n) is 4.23. The molecule has 3 rings (SSSR count). The molecule has 21 heavy (non-hydrogen) atoms. The van der Waals surface area contributed by atoms with Crippen LogP contribution in [0.15, 0.2) is 58.2 Å². The van der Waals surface area contributed by atoms with Crippen molar-refractivity contribution >= 4 is 10.0 Å². The maximum Gasteiger partial charge on any atom is 0.258 e. The van der Waals surface area contributed by atoms with Crippen LogP contribution in [-0.2, 0) is 10.0 Å². The Morgan fingerprint density at radius 2 is 1.62 bits per heavy atom. The van der Waals surface area contributed by atoms with Gasteiger partial charge in [0.25, 0.3) is 5.89 Å². The molecule has 7 nitrogen and oxygen atoms in total. The average molecular weight is 302 g/mol. The third kappa shape index (κ3) is 2.81. The van der Waals surface area contributed by atoms with Crippen molar-refractivity contribution in [3.63, 3.8) is 0 Å². The van der Waals surface area contributed by atoms with E-state index in [0.29, 0.717) is 17.3 Å². The van der Waals surface area contributed by atoms with E-state index in [9.17, 15) is 8.42 Å². The van der Waals surface area contributed by atoms with E-state index in [1.165, 1.54) is 12.1 Å². The molecule has 0 spiro atoms. The van der Waals surface area contributed by atoms with E-state index < -0.39 is 10.0 Å². The zero-order valence-electron chi connectivity index (χ0n) is 10.7. The van der Waals surface area contributed by atoms with Crippen LogP contribution in [0, 0.1) is 0 Å². The van der Waals surface area contributed by atoms with E-state index in [0.717, 1.165) is 5.56 Å². The summed E-state index contributed by atoms with van der Waals surface area (Å²) in [5.41, 5.74) is 1.39. The van der Waals surface area contributed by atoms with Crippen LogP contribution in [0.1, 0.15) is 0 Å². The number of nitrogens with zero attached hydrogens (tertiary/aromatic N) is 3. The Morgan fingerprint density at radius 1 is 0.952 bits per heavy atom. The lowest BCUT2D eigenvalue weighted by atomic mass is 10.2. The number of benzene rings is 1. The first-order chi connectivity index (χ1) is 10.0. The molecule has 0 amide bonds. The van der Waals surface area contributed by atoms with Crippen LogP contribution in [0.25, 0.3) is 22.8 Å². The highest BCUT2D eigenvalue weighted by molar-refractivity contribution is 7.89. The minimum absolute atomic E-state index is 0.0316. The van der Waals surface area contributed by atoms with Gasteiger partial charge in [0.05, 0.1) is 4.90 Å². The minimum Gasteiger partial charge on any atom is -0.334 e. The van der Waals surface area contributed by atoms with Gasteiger partial charge in [-0.25, -0.2) is 13.6 Å². The summed E-state index contributed by atoms with van der Waals surface area (Å²) in [6.45, 7) is 0. The molecule has 0 aliphatic heterocycles. The summed E-state index contributed by atoms with van der Waals surface area (Å²) in [5, 5.41) is 8.91. The topological polar surface area (TPSA) is 112 Å². The van der Waals surface area contributed by atoms with Crippen LogP contribution in [0.4, 0.5) is 0 Å². The average Bonchev–Trinajstić information content (AvgIpc) is 2.97. The van der Waals surface area contributed by atoms with E-state index in [2.05, 4.69) is 15.1 Å². The first-order valence-corrected chi connectivity index (χ1v) is 7.46. The molecule has 0 fully saturated rings. The molecule has 1 aromatic carbocycles. The molecular formula is C13H10N4O3S. The Kier molecular flexibility index (Phi) is 3.24. The predicted octanol–water partition coefficient (Wildman–Crippen LogP) is 1.45. The maximum absolute atomic E-state index is 11.2. The molecule has 0 unspecified atom stereocenters. The third-order valence-corrected chi connectivity index (χ3v) is 3.72. The van der Waals surface area contributed by atoms with Gasteiger partial charge in [0.2, 0.25) is 15.8 Å². The van der Waals surface area contributed by atoms with Crippen LogP contribution < -0.4 is 5.14 Å². The highest BCUT2D eigenvalue weighted by atomic mass is 32.2. The lowest BCUT2D eigenvalue weighted by Crippen LogP contribution is -2.11. The molecule has 0 saturated heterocycles. The van der Waals surface area contributed by atoms with E-state index in [1.807, 2.05) is 0 Å². The number of rotatable bonds is 3. The highest BCUT2D eigenvalue weighted by Crippen LogP contribution is 2.22. The summed E-state index contributed by atoms with van der Waals surface area (Å²) in [5.74, 6) is 0.728. The molecule has 0 aliphatic rings. The Labute approximate surface area is 120 Å². The molecule has 0 radical (unpaired) electrons. The van der Waals surface area contributed by atoms with Gasteiger partial charge in [0, 0.05) is 23.5 Å². The summed E-state index contributed by atoms with van der Waals surface area (Å²) in [4.78, 5) is 8.20. The summed E-state index contributed by atoms with van der Waals surface area (Å²) < 4.78 is 27.6. The molecule has 0 saturated carbocycles. The second-order valence-corrected chi connectivity index (χ2v) is 5.79. The van der Waals surface area contributed by atoms with E-state index in [1.54, 1.807) is 36.7 Å². The van der Waals surface area contributed by atoms with Gasteiger partial charge in [-0.2, -0.15) is 4.98 Å². The van der Waals surface area contributed by atoms with Crippen molar-refractivity contribution in [2.24, 2.45) is 5.14 Å². The van der Waals surface area contributed by atoms with Crippen molar-refractivity contribution in [3.8, 4) is 22.8 Å². The van der Waals surface area contributed by atoms with Gasteiger partial charge in [-0.1, -0.05) is 5.16 Å². The van der Waals surface area contributed by atoms with Crippen molar-refractivity contribution in [3.05, 3.63) is 48.8 Å². The van der Waals surface area contributed by atoms with Gasteiger partial charge in [-0.05, 0) is 36.4 Å². The standard InChI is InChI=1S/C13H10N4O3S/c14-21(18,19)11-3-1-9(2-4-11)12-16-13(20-17-12)10-5-7-15-8-6-10/h1-8H,(H2,14,18,19). The maximum atomic E-state index is 11.2. The fraction of sp³-hybridized carbons (Fsp3) is 0. The summed E-state index contributed by atoms with van der Waals surface area (Å²) >= 11 is 0. The van der Waals surface area contributed by atoms with Crippen LogP contribution in [0.2, 0.25) is 0 Å². The Balaban J connectivity index is 1.94. The molecule has 0 bridgehead atoms. The molecular weight excluding hydrogens is 292 g/mol. The number of pyridine rings is 1. The Hall–Kier alpha value is -2.58. The van der Waals surface area contributed by atoms with Gasteiger partial charge in [-0.3, -0.25) is 4.98 Å². The van der Waals surface area contributed by atoms with Crippen LogP contribution in [0.5, 0.6) is 0 Å². The van der Waals surface area contributed by atoms with Gasteiger partial charge < -0.3 is 4.52 Å². The van der Waals surface area contributed by atoms with Crippen molar-refractivity contribution in [2.75, 3.05) is 0 Å². The molecule has 2 aromatic heterocycles. The SMILES string of the molecule is NS(=O)(=O)c1ccc(-c2noc(-c3ccncc3)n2)cc1. The fourth-order valence-electron chi connectivity index (χ4n) is 1.75. The van der Waals surface area contributed by atoms with E-state index in [4.69, 9.17) is 9.66 Å². The van der Waals surface area contributed by atoms with Gasteiger partial charge in [-0.15, -0.1) is 0 Å². The van der Waals surface area contributed by atoms with Crippen molar-refractivity contribution in [1.29, 1.82) is 0 Å². The third-order valence-electron chi connectivity index (χ3n) is 2.79. The number of hydrogen-bond donors (Lipinski definition) is 1. The number of hydrogen-bond acceptors (Lipinski definition) is 6. The number of primary sulfonamides is 1. The molecule has 8 heteroatoms. The van der Waals surface area contributed by atoms with Gasteiger partial charge in [0.15, 0.2) is 0 Å². The van der Waals surface area contributed by atoms with Crippen LogP contribution in [-0.4, -0.2) is 23.5 Å². The number of nitrogens with two attached hydrogens (primary N) is 1. The fourth-order valence-corrected chi connectivity index (χ4v) is 2.26. The monoisotopic (exact) mass is 302 g/mol. The van der Waals surface area contributed by atoms with Gasteiger partial charge in [0.1, 0.15) is 0 Å². The van der Waals surface area contributed by atoms with Crippen molar-refractivity contribution in [1.82, 2.24) is 15.1 Å². The summed E-state index contributed by atoms with van der Waals surface area (Å²) in [6.07, 6.45) is 3.25. The second kappa shape index (κ2) is 5.08. The minimum atomic E-state index is -3.71.